The topological polar surface area (TPSA) is 77.3 Å². The van der Waals surface area contributed by atoms with Crippen molar-refractivity contribution in [2.24, 2.45) is 0 Å². The van der Waals surface area contributed by atoms with Gasteiger partial charge in [0, 0.05) is 11.1 Å². The summed E-state index contributed by atoms with van der Waals surface area (Å²) in [6.07, 6.45) is 1.66. The molecule has 6 nitrogen and oxygen atoms in total. The van der Waals surface area contributed by atoms with Gasteiger partial charge in [-0.15, -0.1) is 0 Å². The molecule has 0 unspecified atom stereocenters. The summed E-state index contributed by atoms with van der Waals surface area (Å²) in [5.41, 5.74) is 3.73. The fourth-order valence-corrected chi connectivity index (χ4v) is 3.32. The van der Waals surface area contributed by atoms with Gasteiger partial charge in [-0.3, -0.25) is 4.79 Å². The van der Waals surface area contributed by atoms with Crippen LogP contribution in [0.3, 0.4) is 0 Å². The molecule has 0 aliphatic heterocycles. The summed E-state index contributed by atoms with van der Waals surface area (Å²) in [5, 5.41) is 6.88. The summed E-state index contributed by atoms with van der Waals surface area (Å²) in [6.45, 7) is 0.162. The third-order valence-electron chi connectivity index (χ3n) is 5.00. The summed E-state index contributed by atoms with van der Waals surface area (Å²) >= 11 is 0. The zero-order valence-electron chi connectivity index (χ0n) is 17.2. The first-order valence-corrected chi connectivity index (χ1v) is 10.1. The molecule has 0 fully saturated rings. The Morgan fingerprint density at radius 3 is 2.45 bits per heavy atom. The molecule has 3 aromatic carbocycles. The Kier molecular flexibility index (Phi) is 6.38. The number of hydrogen-bond acceptors (Lipinski definition) is 5. The Hall–Kier alpha value is -3.93. The molecule has 4 aromatic rings. The van der Waals surface area contributed by atoms with E-state index in [-0.39, 0.29) is 12.5 Å². The predicted octanol–water partition coefficient (Wildman–Crippen LogP) is 4.46. The van der Waals surface area contributed by atoms with Crippen molar-refractivity contribution >= 4 is 5.91 Å². The van der Waals surface area contributed by atoms with Crippen LogP contribution in [0.5, 0.6) is 5.75 Å². The van der Waals surface area contributed by atoms with Crippen LogP contribution in [0.2, 0.25) is 0 Å². The molecule has 1 amide bonds. The number of hydrogen-bond donors (Lipinski definition) is 1. The van der Waals surface area contributed by atoms with Crippen molar-refractivity contribution in [3.63, 3.8) is 0 Å². The normalized spacial score (nSPS) is 10.6. The highest BCUT2D eigenvalue weighted by atomic mass is 16.5. The maximum Gasteiger partial charge on any atom is 0.251 e. The molecule has 1 aromatic heterocycles. The van der Waals surface area contributed by atoms with E-state index in [0.29, 0.717) is 17.3 Å². The van der Waals surface area contributed by atoms with Crippen molar-refractivity contribution in [1.82, 2.24) is 15.5 Å². The molecule has 0 atom stereocenters. The Labute approximate surface area is 180 Å². The van der Waals surface area contributed by atoms with E-state index < -0.39 is 0 Å². The molecule has 1 N–H and O–H groups in total. The lowest BCUT2D eigenvalue weighted by atomic mass is 9.99. The number of amides is 1. The highest BCUT2D eigenvalue weighted by Crippen LogP contribution is 2.20. The second kappa shape index (κ2) is 9.71. The van der Waals surface area contributed by atoms with Crippen molar-refractivity contribution in [3.05, 3.63) is 101 Å². The summed E-state index contributed by atoms with van der Waals surface area (Å²) in [4.78, 5) is 17.1. The first-order chi connectivity index (χ1) is 15.2. The van der Waals surface area contributed by atoms with E-state index in [2.05, 4.69) is 27.6 Å². The molecule has 0 spiro atoms. The number of ether oxygens (including phenoxy) is 1. The average Bonchev–Trinajstić information content (AvgIpc) is 3.31. The lowest BCUT2D eigenvalue weighted by Crippen LogP contribution is -2.24. The van der Waals surface area contributed by atoms with E-state index in [9.17, 15) is 4.79 Å². The first kappa shape index (κ1) is 20.3. The number of nitrogens with one attached hydrogen (secondary N) is 1. The minimum Gasteiger partial charge on any atom is -0.497 e. The lowest BCUT2D eigenvalue weighted by Gasteiger charge is -2.09. The number of carbonyl (C=O) groups is 1. The van der Waals surface area contributed by atoms with E-state index >= 15 is 0 Å². The fourth-order valence-electron chi connectivity index (χ4n) is 3.32. The van der Waals surface area contributed by atoms with Crippen molar-refractivity contribution in [2.45, 2.75) is 19.4 Å². The second-order valence-corrected chi connectivity index (χ2v) is 7.07. The molecule has 0 bridgehead atoms. The quantitative estimate of drug-likeness (QED) is 0.461. The SMILES string of the molecule is COc1ccc(-c2noc(CNC(=O)c3ccccc3CCc3ccccc3)n2)cc1. The molecule has 0 aliphatic carbocycles. The van der Waals surface area contributed by atoms with Gasteiger partial charge in [-0.2, -0.15) is 4.98 Å². The van der Waals surface area contributed by atoms with Gasteiger partial charge in [0.25, 0.3) is 5.91 Å². The van der Waals surface area contributed by atoms with Crippen LogP contribution >= 0.6 is 0 Å². The summed E-state index contributed by atoms with van der Waals surface area (Å²) in [5.74, 6) is 1.41. The van der Waals surface area contributed by atoms with E-state index in [1.54, 1.807) is 7.11 Å². The molecule has 1 heterocycles. The number of rotatable bonds is 8. The lowest BCUT2D eigenvalue weighted by molar-refractivity contribution is 0.0945. The monoisotopic (exact) mass is 413 g/mol. The van der Waals surface area contributed by atoms with Gasteiger partial charge in [0.15, 0.2) is 0 Å². The molecule has 156 valence electrons. The Bertz CT molecular complexity index is 1140. The van der Waals surface area contributed by atoms with Gasteiger partial charge in [0.1, 0.15) is 5.75 Å². The number of benzene rings is 3. The minimum atomic E-state index is -0.159. The molecule has 0 saturated heterocycles. The van der Waals surface area contributed by atoms with Gasteiger partial charge in [0.05, 0.1) is 13.7 Å². The highest BCUT2D eigenvalue weighted by molar-refractivity contribution is 5.95. The van der Waals surface area contributed by atoms with Crippen LogP contribution in [0.1, 0.15) is 27.4 Å². The Balaban J connectivity index is 1.38. The molecule has 0 saturated carbocycles. The molecule has 6 heteroatoms. The van der Waals surface area contributed by atoms with Crippen molar-refractivity contribution < 1.29 is 14.1 Å². The van der Waals surface area contributed by atoms with Gasteiger partial charge in [-0.05, 0) is 54.3 Å². The van der Waals surface area contributed by atoms with Crippen LogP contribution in [0, 0.1) is 0 Å². The van der Waals surface area contributed by atoms with Crippen LogP contribution in [0.25, 0.3) is 11.4 Å². The molecular weight excluding hydrogens is 390 g/mol. The third kappa shape index (κ3) is 5.17. The molecule has 0 radical (unpaired) electrons. The van der Waals surface area contributed by atoms with Crippen molar-refractivity contribution in [1.29, 1.82) is 0 Å². The number of nitrogens with zero attached hydrogens (tertiary/aromatic N) is 2. The van der Waals surface area contributed by atoms with E-state index in [0.717, 1.165) is 29.7 Å². The Morgan fingerprint density at radius 2 is 1.68 bits per heavy atom. The van der Waals surface area contributed by atoms with Crippen molar-refractivity contribution in [3.8, 4) is 17.1 Å². The smallest absolute Gasteiger partial charge is 0.251 e. The van der Waals surface area contributed by atoms with Gasteiger partial charge < -0.3 is 14.6 Å². The summed E-state index contributed by atoms with van der Waals surface area (Å²) in [7, 11) is 1.62. The first-order valence-electron chi connectivity index (χ1n) is 10.1. The average molecular weight is 413 g/mol. The van der Waals surface area contributed by atoms with Crippen molar-refractivity contribution in [2.75, 3.05) is 7.11 Å². The zero-order chi connectivity index (χ0) is 21.5. The second-order valence-electron chi connectivity index (χ2n) is 7.07. The fraction of sp³-hybridized carbons (Fsp3) is 0.160. The van der Waals surface area contributed by atoms with Crippen LogP contribution in [0.15, 0.2) is 83.4 Å². The van der Waals surface area contributed by atoms with Crippen LogP contribution in [0.4, 0.5) is 0 Å². The van der Waals surface area contributed by atoms with Gasteiger partial charge in [-0.1, -0.05) is 53.7 Å². The third-order valence-corrected chi connectivity index (χ3v) is 5.00. The largest absolute Gasteiger partial charge is 0.497 e. The van der Waals surface area contributed by atoms with Gasteiger partial charge in [-0.25, -0.2) is 0 Å². The number of aryl methyl sites for hydroxylation is 2. The predicted molar refractivity (Wildman–Crippen MR) is 118 cm³/mol. The number of aromatic nitrogens is 2. The van der Waals surface area contributed by atoms with Crippen LogP contribution in [-0.4, -0.2) is 23.2 Å². The number of carbonyl (C=O) groups excluding carboxylic acids is 1. The summed E-state index contributed by atoms with van der Waals surface area (Å²) < 4.78 is 10.4. The van der Waals surface area contributed by atoms with E-state index in [1.165, 1.54) is 5.56 Å². The zero-order valence-corrected chi connectivity index (χ0v) is 17.2. The van der Waals surface area contributed by atoms with E-state index in [1.807, 2.05) is 66.7 Å². The summed E-state index contributed by atoms with van der Waals surface area (Å²) in [6, 6.07) is 25.3. The van der Waals surface area contributed by atoms with Gasteiger partial charge in [0.2, 0.25) is 11.7 Å². The van der Waals surface area contributed by atoms with Crippen LogP contribution < -0.4 is 10.1 Å². The van der Waals surface area contributed by atoms with Gasteiger partial charge >= 0.3 is 0 Å². The highest BCUT2D eigenvalue weighted by Gasteiger charge is 2.14. The molecule has 31 heavy (non-hydrogen) atoms. The maximum atomic E-state index is 12.8. The molecular formula is C25H23N3O3. The molecule has 4 rings (SSSR count). The minimum absolute atomic E-state index is 0.159. The van der Waals surface area contributed by atoms with Crippen LogP contribution in [-0.2, 0) is 19.4 Å². The Morgan fingerprint density at radius 1 is 0.935 bits per heavy atom. The maximum absolute atomic E-state index is 12.8. The standard InChI is InChI=1S/C25H23N3O3/c1-30-21-15-13-20(14-16-21)24-27-23(31-28-24)17-26-25(29)22-10-6-5-9-19(22)12-11-18-7-3-2-4-8-18/h2-10,13-16H,11-12,17H2,1H3,(H,26,29). The van der Waals surface area contributed by atoms with E-state index in [4.69, 9.17) is 9.26 Å². The molecule has 0 aliphatic rings. The number of methoxy groups -OCH3 is 1.